The van der Waals surface area contributed by atoms with Crippen molar-refractivity contribution in [3.63, 3.8) is 0 Å². The van der Waals surface area contributed by atoms with Gasteiger partial charge >= 0.3 is 0 Å². The fourth-order valence-electron chi connectivity index (χ4n) is 2.87. The molecule has 0 aromatic carbocycles. The Morgan fingerprint density at radius 1 is 1.07 bits per heavy atom. The smallest absolute Gasteiger partial charge is 0.0685 e. The van der Waals surface area contributed by atoms with Crippen LogP contribution >= 0.6 is 0 Å². The average Bonchev–Trinajstić information content (AvgIpc) is 2.60. The molecule has 2 nitrogen and oxygen atoms in total. The minimum absolute atomic E-state index is 0.154. The Kier molecular flexibility index (Phi) is 2.61. The monoisotopic (exact) mass is 198 g/mol. The Morgan fingerprint density at radius 3 is 2.14 bits per heavy atom. The van der Waals surface area contributed by atoms with Crippen molar-refractivity contribution in [2.24, 2.45) is 5.92 Å². The third-order valence-corrected chi connectivity index (χ3v) is 4.29. The second kappa shape index (κ2) is 3.49. The summed E-state index contributed by atoms with van der Waals surface area (Å²) in [6.07, 6.45) is 6.37. The number of hydrogen-bond donors (Lipinski definition) is 1. The Labute approximate surface area is 86.6 Å². The first-order chi connectivity index (χ1) is 6.56. The summed E-state index contributed by atoms with van der Waals surface area (Å²) in [6.45, 7) is 5.17. The lowest BCUT2D eigenvalue weighted by Crippen LogP contribution is -2.45. The van der Waals surface area contributed by atoms with Crippen molar-refractivity contribution in [3.8, 4) is 0 Å². The molecule has 2 aliphatic rings. The van der Waals surface area contributed by atoms with Crippen LogP contribution in [0, 0.1) is 5.92 Å². The molecule has 0 radical (unpaired) electrons. The zero-order chi connectivity index (χ0) is 10.2. The van der Waals surface area contributed by atoms with E-state index in [2.05, 4.69) is 13.8 Å². The van der Waals surface area contributed by atoms with Gasteiger partial charge in [-0.15, -0.1) is 0 Å². The number of rotatable bonds is 1. The molecule has 0 aromatic heterocycles. The molecule has 1 saturated heterocycles. The van der Waals surface area contributed by atoms with E-state index < -0.39 is 5.60 Å². The van der Waals surface area contributed by atoms with Crippen molar-refractivity contribution in [1.29, 1.82) is 0 Å². The van der Waals surface area contributed by atoms with E-state index in [9.17, 15) is 5.11 Å². The van der Waals surface area contributed by atoms with Gasteiger partial charge in [-0.2, -0.15) is 0 Å². The molecule has 82 valence electrons. The van der Waals surface area contributed by atoms with Crippen molar-refractivity contribution in [2.75, 3.05) is 6.61 Å². The van der Waals surface area contributed by atoms with Gasteiger partial charge in [0, 0.05) is 6.61 Å². The maximum atomic E-state index is 10.3. The fraction of sp³-hybridized carbons (Fsp3) is 1.00. The zero-order valence-corrected chi connectivity index (χ0v) is 9.38. The van der Waals surface area contributed by atoms with Gasteiger partial charge in [-0.1, -0.05) is 13.8 Å². The minimum Gasteiger partial charge on any atom is -0.390 e. The van der Waals surface area contributed by atoms with Gasteiger partial charge in [-0.3, -0.25) is 0 Å². The molecule has 1 heterocycles. The van der Waals surface area contributed by atoms with Crippen LogP contribution in [0.3, 0.4) is 0 Å². The molecule has 0 unspecified atom stereocenters. The largest absolute Gasteiger partial charge is 0.390 e. The summed E-state index contributed by atoms with van der Waals surface area (Å²) in [4.78, 5) is 0. The van der Waals surface area contributed by atoms with Gasteiger partial charge in [0.1, 0.15) is 0 Å². The molecule has 0 atom stereocenters. The normalized spacial score (nSPS) is 43.7. The van der Waals surface area contributed by atoms with Gasteiger partial charge in [-0.25, -0.2) is 0 Å². The van der Waals surface area contributed by atoms with E-state index in [1.54, 1.807) is 0 Å². The van der Waals surface area contributed by atoms with Crippen LogP contribution in [0.4, 0.5) is 0 Å². The third kappa shape index (κ3) is 1.70. The van der Waals surface area contributed by atoms with Crippen molar-refractivity contribution in [2.45, 2.75) is 63.6 Å². The summed E-state index contributed by atoms with van der Waals surface area (Å²) in [5.74, 6) is 0.376. The zero-order valence-electron chi connectivity index (χ0n) is 9.38. The predicted molar refractivity (Wildman–Crippen MR) is 56.2 cm³/mol. The SMILES string of the molecule is CC(C)[C@]1(O)CC[C@]2(CCCO2)CC1. The molecule has 0 amide bonds. The molecule has 0 aromatic rings. The van der Waals surface area contributed by atoms with E-state index in [4.69, 9.17) is 4.74 Å². The molecule has 2 rings (SSSR count). The predicted octanol–water partition coefficient (Wildman–Crippen LogP) is 2.50. The molecule has 14 heavy (non-hydrogen) atoms. The first kappa shape index (κ1) is 10.4. The molecule has 1 aliphatic heterocycles. The van der Waals surface area contributed by atoms with Gasteiger partial charge in [0.2, 0.25) is 0 Å². The Balaban J connectivity index is 1.97. The molecule has 1 spiro atoms. The summed E-state index contributed by atoms with van der Waals surface area (Å²) < 4.78 is 5.84. The van der Waals surface area contributed by atoms with Crippen LogP contribution in [0.25, 0.3) is 0 Å². The maximum absolute atomic E-state index is 10.3. The molecule has 1 N–H and O–H groups in total. The van der Waals surface area contributed by atoms with Crippen LogP contribution in [0.5, 0.6) is 0 Å². The summed E-state index contributed by atoms with van der Waals surface area (Å²) in [5.41, 5.74) is -0.266. The van der Waals surface area contributed by atoms with Crippen LogP contribution in [-0.2, 0) is 4.74 Å². The molecule has 1 saturated carbocycles. The Morgan fingerprint density at radius 2 is 1.71 bits per heavy atom. The quantitative estimate of drug-likeness (QED) is 0.701. The van der Waals surface area contributed by atoms with Gasteiger partial charge < -0.3 is 9.84 Å². The Bertz CT molecular complexity index is 188. The summed E-state index contributed by atoms with van der Waals surface area (Å²) >= 11 is 0. The standard InChI is InChI=1S/C12H22O2/c1-10(2)12(13)7-5-11(6-8-12)4-3-9-14-11/h10,13H,3-9H2,1-2H3/t11-,12+. The summed E-state index contributed by atoms with van der Waals surface area (Å²) in [5, 5.41) is 10.3. The second-order valence-corrected chi connectivity index (χ2v) is 5.39. The Hall–Kier alpha value is -0.0800. The highest BCUT2D eigenvalue weighted by Gasteiger charge is 2.45. The van der Waals surface area contributed by atoms with Crippen LogP contribution in [0.15, 0.2) is 0 Å². The van der Waals surface area contributed by atoms with Crippen LogP contribution < -0.4 is 0 Å². The topological polar surface area (TPSA) is 29.5 Å². The van der Waals surface area contributed by atoms with Crippen molar-refractivity contribution in [1.82, 2.24) is 0 Å². The highest BCUT2D eigenvalue weighted by atomic mass is 16.5. The molecular formula is C12H22O2. The number of hydrogen-bond acceptors (Lipinski definition) is 2. The average molecular weight is 198 g/mol. The highest BCUT2D eigenvalue weighted by molar-refractivity contribution is 4.97. The van der Waals surface area contributed by atoms with Crippen molar-refractivity contribution < 1.29 is 9.84 Å². The van der Waals surface area contributed by atoms with Gasteiger partial charge in [0.15, 0.2) is 0 Å². The lowest BCUT2D eigenvalue weighted by molar-refractivity contribution is -0.109. The minimum atomic E-state index is -0.419. The molecule has 2 heteroatoms. The van der Waals surface area contributed by atoms with E-state index in [-0.39, 0.29) is 5.60 Å². The van der Waals surface area contributed by atoms with Crippen molar-refractivity contribution >= 4 is 0 Å². The summed E-state index contributed by atoms with van der Waals surface area (Å²) in [7, 11) is 0. The van der Waals surface area contributed by atoms with Crippen molar-refractivity contribution in [3.05, 3.63) is 0 Å². The van der Waals surface area contributed by atoms with E-state index >= 15 is 0 Å². The highest BCUT2D eigenvalue weighted by Crippen LogP contribution is 2.45. The first-order valence-corrected chi connectivity index (χ1v) is 5.93. The molecule has 0 bridgehead atoms. The lowest BCUT2D eigenvalue weighted by Gasteiger charge is -2.43. The number of aliphatic hydroxyl groups is 1. The van der Waals surface area contributed by atoms with Gasteiger partial charge in [0.05, 0.1) is 11.2 Å². The fourth-order valence-corrected chi connectivity index (χ4v) is 2.87. The lowest BCUT2D eigenvalue weighted by atomic mass is 9.70. The second-order valence-electron chi connectivity index (χ2n) is 5.39. The van der Waals surface area contributed by atoms with Crippen LogP contribution in [0.2, 0.25) is 0 Å². The van der Waals surface area contributed by atoms with Crippen LogP contribution in [-0.4, -0.2) is 22.9 Å². The van der Waals surface area contributed by atoms with Crippen LogP contribution in [0.1, 0.15) is 52.4 Å². The first-order valence-electron chi connectivity index (χ1n) is 5.93. The van der Waals surface area contributed by atoms with Gasteiger partial charge in [-0.05, 0) is 44.4 Å². The van der Waals surface area contributed by atoms with E-state index in [0.29, 0.717) is 5.92 Å². The summed E-state index contributed by atoms with van der Waals surface area (Å²) in [6, 6.07) is 0. The van der Waals surface area contributed by atoms with E-state index in [1.807, 2.05) is 0 Å². The maximum Gasteiger partial charge on any atom is 0.0685 e. The third-order valence-electron chi connectivity index (χ3n) is 4.29. The molecular weight excluding hydrogens is 176 g/mol. The van der Waals surface area contributed by atoms with E-state index in [1.165, 1.54) is 12.8 Å². The molecule has 1 aliphatic carbocycles. The van der Waals surface area contributed by atoms with E-state index in [0.717, 1.165) is 32.3 Å². The van der Waals surface area contributed by atoms with Gasteiger partial charge in [0.25, 0.3) is 0 Å². The molecule has 2 fully saturated rings. The number of ether oxygens (including phenoxy) is 1.